The first-order valence-corrected chi connectivity index (χ1v) is 8.52. The van der Waals surface area contributed by atoms with Gasteiger partial charge in [-0.2, -0.15) is 0 Å². The molecule has 1 saturated heterocycles. The summed E-state index contributed by atoms with van der Waals surface area (Å²) in [5.41, 5.74) is 7.74. The molecule has 4 N–H and O–H groups in total. The van der Waals surface area contributed by atoms with Gasteiger partial charge in [-0.25, -0.2) is 9.97 Å². The molecule has 0 radical (unpaired) electrons. The number of aromatic nitrogens is 2. The maximum absolute atomic E-state index is 8.39. The van der Waals surface area contributed by atoms with E-state index in [1.54, 1.807) is 0 Å². The maximum atomic E-state index is 8.39. The molecule has 2 fully saturated rings. The molecule has 0 spiro atoms. The van der Waals surface area contributed by atoms with Crippen LogP contribution >= 0.6 is 0 Å². The Kier molecular flexibility index (Phi) is 7.23. The van der Waals surface area contributed by atoms with Gasteiger partial charge in [-0.05, 0) is 19.1 Å². The molecule has 1 aliphatic carbocycles. The molecule has 23 heavy (non-hydrogen) atoms. The highest BCUT2D eigenvalue weighted by molar-refractivity contribution is 5.88. The van der Waals surface area contributed by atoms with E-state index >= 15 is 0 Å². The minimum atomic E-state index is -0.0463. The fourth-order valence-corrected chi connectivity index (χ4v) is 2.52. The van der Waals surface area contributed by atoms with Crippen LogP contribution in [0.5, 0.6) is 0 Å². The summed E-state index contributed by atoms with van der Waals surface area (Å²) in [5, 5.41) is 12.2. The van der Waals surface area contributed by atoms with Gasteiger partial charge in [0.05, 0.1) is 11.6 Å². The van der Waals surface area contributed by atoms with Gasteiger partial charge in [-0.1, -0.05) is 50.2 Å². The van der Waals surface area contributed by atoms with Gasteiger partial charge in [-0.15, -0.1) is 0 Å². The molecular weight excluding hydrogens is 288 g/mol. The van der Waals surface area contributed by atoms with Crippen LogP contribution in [0.4, 0.5) is 5.82 Å². The van der Waals surface area contributed by atoms with E-state index in [1.165, 1.54) is 50.4 Å². The highest BCUT2D eigenvalue weighted by atomic mass is 16.3. The summed E-state index contributed by atoms with van der Waals surface area (Å²) in [6, 6.07) is 5.95. The van der Waals surface area contributed by atoms with Gasteiger partial charge < -0.3 is 16.2 Å². The van der Waals surface area contributed by atoms with Crippen molar-refractivity contribution < 1.29 is 5.11 Å². The molecule has 5 heteroatoms. The lowest BCUT2D eigenvalue weighted by Gasteiger charge is -2.20. The Bertz CT molecular complexity index is 583. The Labute approximate surface area is 138 Å². The zero-order valence-electron chi connectivity index (χ0n) is 14.0. The fourth-order valence-electron chi connectivity index (χ4n) is 2.52. The number of nitrogen functional groups attached to an aromatic ring is 1. The minimum Gasteiger partial charge on any atom is -0.390 e. The predicted octanol–water partition coefficient (Wildman–Crippen LogP) is 2.81. The monoisotopic (exact) mass is 316 g/mol. The van der Waals surface area contributed by atoms with Crippen molar-refractivity contribution in [3.05, 3.63) is 30.1 Å². The Balaban J connectivity index is 0.000000145. The van der Waals surface area contributed by atoms with Gasteiger partial charge in [0, 0.05) is 18.5 Å². The smallest absolute Gasteiger partial charge is 0.134 e. The van der Waals surface area contributed by atoms with E-state index in [0.717, 1.165) is 24.0 Å². The number of aliphatic hydroxyl groups is 1. The molecule has 2 aliphatic rings. The molecule has 126 valence electrons. The fraction of sp³-hybridized carbons (Fsp3) is 0.556. The number of hydrogen-bond acceptors (Lipinski definition) is 5. The van der Waals surface area contributed by atoms with Crippen molar-refractivity contribution in [1.29, 1.82) is 0 Å². The third-order valence-corrected chi connectivity index (χ3v) is 4.08. The molecular formula is C18H28N4O. The number of hydrogen-bond donors (Lipinski definition) is 3. The lowest BCUT2D eigenvalue weighted by molar-refractivity contribution is 0.117. The lowest BCUT2D eigenvalue weighted by Crippen LogP contribution is -2.46. The Morgan fingerprint density at radius 3 is 2.09 bits per heavy atom. The summed E-state index contributed by atoms with van der Waals surface area (Å²) in [7, 11) is 0. The average molecular weight is 316 g/mol. The van der Waals surface area contributed by atoms with Crippen LogP contribution < -0.4 is 11.1 Å². The predicted molar refractivity (Wildman–Crippen MR) is 95.3 cm³/mol. The minimum absolute atomic E-state index is 0.0463. The van der Waals surface area contributed by atoms with Crippen molar-refractivity contribution in [2.45, 2.75) is 51.6 Å². The molecule has 1 aliphatic heterocycles. The molecule has 1 aromatic heterocycles. The number of anilines is 1. The van der Waals surface area contributed by atoms with Crippen molar-refractivity contribution >= 4 is 16.7 Å². The van der Waals surface area contributed by atoms with Gasteiger partial charge in [0.15, 0.2) is 0 Å². The molecule has 0 bridgehead atoms. The highest BCUT2D eigenvalue weighted by Gasteiger charge is 2.10. The van der Waals surface area contributed by atoms with E-state index < -0.39 is 0 Å². The van der Waals surface area contributed by atoms with Gasteiger partial charge >= 0.3 is 0 Å². The second-order valence-corrected chi connectivity index (χ2v) is 6.21. The summed E-state index contributed by atoms with van der Waals surface area (Å²) in [6.07, 6.45) is 10.4. The second-order valence-electron chi connectivity index (χ2n) is 6.21. The van der Waals surface area contributed by atoms with Gasteiger partial charge in [0.25, 0.3) is 0 Å². The van der Waals surface area contributed by atoms with E-state index in [-0.39, 0.29) is 6.10 Å². The number of rotatable bonds is 0. The summed E-state index contributed by atoms with van der Waals surface area (Å²) in [5.74, 6) is 0.545. The number of benzene rings is 1. The quantitative estimate of drug-likeness (QED) is 0.696. The zero-order chi connectivity index (χ0) is 16.5. The van der Waals surface area contributed by atoms with Crippen LogP contribution in [0.15, 0.2) is 24.5 Å². The molecule has 2 aromatic rings. The number of aliphatic hydroxyl groups excluding tert-OH is 1. The number of β-amino-alcohol motifs (C(OH)–C–C–N with tert-alkyl or cyclic N) is 1. The van der Waals surface area contributed by atoms with Crippen LogP contribution in [0, 0.1) is 6.92 Å². The first kappa shape index (κ1) is 17.6. The van der Waals surface area contributed by atoms with E-state index in [2.05, 4.69) is 15.3 Å². The number of aryl methyl sites for hydroxylation is 1. The van der Waals surface area contributed by atoms with Crippen LogP contribution in [-0.4, -0.2) is 34.3 Å². The van der Waals surface area contributed by atoms with Gasteiger partial charge in [-0.3, -0.25) is 0 Å². The zero-order valence-corrected chi connectivity index (χ0v) is 14.0. The van der Waals surface area contributed by atoms with E-state index in [0.29, 0.717) is 5.82 Å². The van der Waals surface area contributed by atoms with E-state index in [4.69, 9.17) is 10.8 Å². The Morgan fingerprint density at radius 2 is 1.61 bits per heavy atom. The molecule has 0 unspecified atom stereocenters. The van der Waals surface area contributed by atoms with Crippen LogP contribution in [0.1, 0.15) is 44.1 Å². The molecule has 2 heterocycles. The first-order valence-electron chi connectivity index (χ1n) is 8.52. The molecule has 1 aromatic carbocycles. The van der Waals surface area contributed by atoms with E-state index in [1.807, 2.05) is 25.1 Å². The maximum Gasteiger partial charge on any atom is 0.134 e. The van der Waals surface area contributed by atoms with Crippen LogP contribution in [-0.2, 0) is 0 Å². The summed E-state index contributed by atoms with van der Waals surface area (Å²) >= 11 is 0. The van der Waals surface area contributed by atoms with Crippen molar-refractivity contribution in [3.63, 3.8) is 0 Å². The normalized spacial score (nSPS) is 17.3. The number of nitrogens with zero attached hydrogens (tertiary/aromatic N) is 2. The lowest BCUT2D eigenvalue weighted by atomic mass is 10.0. The number of nitrogens with two attached hydrogens (primary N) is 1. The average Bonchev–Trinajstić information content (AvgIpc) is 2.57. The van der Waals surface area contributed by atoms with Crippen LogP contribution in [0.25, 0.3) is 10.9 Å². The van der Waals surface area contributed by atoms with Crippen molar-refractivity contribution in [3.8, 4) is 0 Å². The second kappa shape index (κ2) is 9.43. The van der Waals surface area contributed by atoms with Gasteiger partial charge in [0.2, 0.25) is 0 Å². The summed E-state index contributed by atoms with van der Waals surface area (Å²) < 4.78 is 0. The summed E-state index contributed by atoms with van der Waals surface area (Å²) in [6.45, 7) is 3.60. The standard InChI is InChI=1S/C9H9N3.C6H12.C3H7NO/c1-6-2-3-8-7(4-6)9(10)12-5-11-8;1-2-4-6-5-3-1;5-3-1-4-2-3/h2-5H,1H3,(H2,10,11,12);1-6H2;3-5H,1-2H2. The molecule has 0 amide bonds. The van der Waals surface area contributed by atoms with E-state index in [9.17, 15) is 0 Å². The Morgan fingerprint density at radius 1 is 1.04 bits per heavy atom. The highest BCUT2D eigenvalue weighted by Crippen LogP contribution is 2.17. The SMILES string of the molecule is C1CCCCC1.Cc1ccc2ncnc(N)c2c1.OC1CNC1. The molecule has 4 rings (SSSR count). The largest absolute Gasteiger partial charge is 0.390 e. The molecule has 1 saturated carbocycles. The molecule has 5 nitrogen and oxygen atoms in total. The van der Waals surface area contributed by atoms with Crippen molar-refractivity contribution in [2.24, 2.45) is 0 Å². The van der Waals surface area contributed by atoms with Crippen LogP contribution in [0.3, 0.4) is 0 Å². The number of fused-ring (bicyclic) bond motifs is 1. The third kappa shape index (κ3) is 6.12. The number of nitrogens with one attached hydrogen (secondary N) is 1. The van der Waals surface area contributed by atoms with Gasteiger partial charge in [0.1, 0.15) is 12.1 Å². The Hall–Kier alpha value is -1.72. The van der Waals surface area contributed by atoms with Crippen molar-refractivity contribution in [2.75, 3.05) is 18.8 Å². The van der Waals surface area contributed by atoms with Crippen LogP contribution in [0.2, 0.25) is 0 Å². The third-order valence-electron chi connectivity index (χ3n) is 4.08. The first-order chi connectivity index (χ1) is 11.2. The summed E-state index contributed by atoms with van der Waals surface area (Å²) in [4.78, 5) is 8.01. The topological polar surface area (TPSA) is 84.1 Å². The van der Waals surface area contributed by atoms with Crippen molar-refractivity contribution in [1.82, 2.24) is 15.3 Å². The molecule has 0 atom stereocenters.